The average Bonchev–Trinajstić information content (AvgIpc) is 3.04. The molecule has 0 fully saturated rings. The Morgan fingerprint density at radius 2 is 1.96 bits per heavy atom. The van der Waals surface area contributed by atoms with Gasteiger partial charge in [0.15, 0.2) is 5.13 Å². The van der Waals surface area contributed by atoms with Crippen LogP contribution in [0.5, 0.6) is 0 Å². The summed E-state index contributed by atoms with van der Waals surface area (Å²) in [6.07, 6.45) is 2.01. The number of benzene rings is 2. The van der Waals surface area contributed by atoms with Crippen LogP contribution in [0.3, 0.4) is 0 Å². The summed E-state index contributed by atoms with van der Waals surface area (Å²) in [6.45, 7) is 1.36. The van der Waals surface area contributed by atoms with E-state index in [1.807, 2.05) is 62.8 Å². The minimum absolute atomic E-state index is 0. The molecule has 1 heterocycles. The van der Waals surface area contributed by atoms with Crippen LogP contribution in [-0.2, 0) is 0 Å². The lowest BCUT2D eigenvalue weighted by Crippen LogP contribution is -2.36. The number of carbonyl (C=O) groups is 1. The first-order valence-electron chi connectivity index (χ1n) is 8.14. The van der Waals surface area contributed by atoms with Gasteiger partial charge < -0.3 is 4.90 Å². The maximum Gasteiger partial charge on any atom is 0.260 e. The van der Waals surface area contributed by atoms with E-state index < -0.39 is 0 Å². The highest BCUT2D eigenvalue weighted by molar-refractivity contribution is 9.10. The maximum absolute atomic E-state index is 13.2. The second-order valence-electron chi connectivity index (χ2n) is 6.10. The van der Waals surface area contributed by atoms with E-state index in [1.54, 1.807) is 28.0 Å². The summed E-state index contributed by atoms with van der Waals surface area (Å²) in [6, 6.07) is 13.7. The summed E-state index contributed by atoms with van der Waals surface area (Å²) in [7, 11) is 4.01. The summed E-state index contributed by atoms with van der Waals surface area (Å²) in [4.78, 5) is 22.9. The molecule has 3 aromatic rings. The van der Waals surface area contributed by atoms with Crippen LogP contribution in [0.25, 0.3) is 10.2 Å². The molecular weight excluding hydrogens is 466 g/mol. The number of halogens is 2. The number of hydrogen-bond acceptors (Lipinski definition) is 5. The number of rotatable bonds is 6. The first kappa shape index (κ1) is 22.2. The third-order valence-corrected chi connectivity index (χ3v) is 6.16. The minimum atomic E-state index is -0.0131. The fourth-order valence-corrected chi connectivity index (χ4v) is 4.50. The van der Waals surface area contributed by atoms with Gasteiger partial charge >= 0.3 is 0 Å². The minimum Gasteiger partial charge on any atom is -0.308 e. The summed E-state index contributed by atoms with van der Waals surface area (Å²) in [5.74, 6) is -0.0131. The summed E-state index contributed by atoms with van der Waals surface area (Å²) >= 11 is 6.68. The highest BCUT2D eigenvalue weighted by Gasteiger charge is 2.21. The Morgan fingerprint density at radius 1 is 1.19 bits per heavy atom. The van der Waals surface area contributed by atoms with Crippen molar-refractivity contribution in [2.45, 2.75) is 4.90 Å². The van der Waals surface area contributed by atoms with Crippen LogP contribution in [0.15, 0.2) is 51.8 Å². The molecule has 0 bridgehead atoms. The SMILES string of the molecule is CSc1cccc(C(=O)N(CCN(C)C)c2nc3ccc(Br)cc3s2)c1.Cl. The Kier molecular flexibility index (Phi) is 8.12. The standard InChI is InChI=1S/C19H20BrN3OS2.ClH/c1-22(2)9-10-23(18(24)13-5-4-6-15(11-13)25-3)19-21-16-8-7-14(20)12-17(16)26-19;/h4-8,11-12H,9-10H2,1-3H3;1H. The van der Waals surface area contributed by atoms with Gasteiger partial charge in [0.25, 0.3) is 5.91 Å². The van der Waals surface area contributed by atoms with Crippen molar-refractivity contribution in [1.82, 2.24) is 9.88 Å². The van der Waals surface area contributed by atoms with Crippen molar-refractivity contribution < 1.29 is 4.79 Å². The molecular formula is C19H21BrClN3OS2. The van der Waals surface area contributed by atoms with Crippen molar-refractivity contribution in [3.63, 3.8) is 0 Å². The van der Waals surface area contributed by atoms with E-state index in [9.17, 15) is 4.79 Å². The Labute approximate surface area is 182 Å². The van der Waals surface area contributed by atoms with Gasteiger partial charge in [-0.25, -0.2) is 4.98 Å². The van der Waals surface area contributed by atoms with Crippen molar-refractivity contribution >= 4 is 72.7 Å². The lowest BCUT2D eigenvalue weighted by atomic mass is 10.2. The molecule has 1 aromatic heterocycles. The fourth-order valence-electron chi connectivity index (χ4n) is 2.50. The van der Waals surface area contributed by atoms with E-state index in [4.69, 9.17) is 4.98 Å². The number of thioether (sulfide) groups is 1. The number of fused-ring (bicyclic) bond motifs is 1. The third kappa shape index (κ3) is 5.45. The number of thiazole rings is 1. The summed E-state index contributed by atoms with van der Waals surface area (Å²) in [5.41, 5.74) is 1.60. The summed E-state index contributed by atoms with van der Waals surface area (Å²) < 4.78 is 2.08. The van der Waals surface area contributed by atoms with Gasteiger partial charge in [-0.15, -0.1) is 24.2 Å². The van der Waals surface area contributed by atoms with E-state index in [2.05, 4.69) is 20.8 Å². The zero-order chi connectivity index (χ0) is 18.7. The van der Waals surface area contributed by atoms with Crippen LogP contribution < -0.4 is 4.90 Å². The second kappa shape index (κ2) is 9.89. The van der Waals surface area contributed by atoms with Crippen molar-refractivity contribution in [1.29, 1.82) is 0 Å². The molecule has 4 nitrogen and oxygen atoms in total. The van der Waals surface area contributed by atoms with Crippen LogP contribution in [0.2, 0.25) is 0 Å². The quantitative estimate of drug-likeness (QED) is 0.436. The predicted octanol–water partition coefficient (Wildman–Crippen LogP) is 5.41. The molecule has 0 radical (unpaired) electrons. The van der Waals surface area contributed by atoms with Crippen molar-refractivity contribution in [2.24, 2.45) is 0 Å². The summed E-state index contributed by atoms with van der Waals surface area (Å²) in [5, 5.41) is 0.736. The first-order valence-corrected chi connectivity index (χ1v) is 11.0. The average molecular weight is 487 g/mol. The number of carbonyl (C=O) groups excluding carboxylic acids is 1. The van der Waals surface area contributed by atoms with Crippen LogP contribution in [0.4, 0.5) is 5.13 Å². The van der Waals surface area contributed by atoms with Gasteiger partial charge in [-0.05, 0) is 56.7 Å². The Morgan fingerprint density at radius 3 is 2.67 bits per heavy atom. The van der Waals surface area contributed by atoms with Crippen LogP contribution in [-0.4, -0.2) is 49.2 Å². The molecule has 2 aromatic carbocycles. The van der Waals surface area contributed by atoms with Gasteiger partial charge in [0.05, 0.1) is 10.2 Å². The van der Waals surface area contributed by atoms with Gasteiger partial charge in [-0.2, -0.15) is 0 Å². The lowest BCUT2D eigenvalue weighted by molar-refractivity contribution is 0.0985. The van der Waals surface area contributed by atoms with Crippen molar-refractivity contribution in [2.75, 3.05) is 38.3 Å². The van der Waals surface area contributed by atoms with Crippen LogP contribution >= 0.6 is 51.4 Å². The Hall–Kier alpha value is -1.12. The molecule has 0 spiro atoms. The van der Waals surface area contributed by atoms with Gasteiger partial charge in [0, 0.05) is 28.0 Å². The van der Waals surface area contributed by atoms with E-state index >= 15 is 0 Å². The molecule has 1 amide bonds. The van der Waals surface area contributed by atoms with E-state index in [0.29, 0.717) is 12.1 Å². The van der Waals surface area contributed by atoms with Gasteiger partial charge in [0.1, 0.15) is 0 Å². The van der Waals surface area contributed by atoms with E-state index in [1.165, 1.54) is 0 Å². The number of aromatic nitrogens is 1. The monoisotopic (exact) mass is 485 g/mol. The topological polar surface area (TPSA) is 36.4 Å². The van der Waals surface area contributed by atoms with Crippen LogP contribution in [0.1, 0.15) is 10.4 Å². The Balaban J connectivity index is 0.00000261. The number of hydrogen-bond donors (Lipinski definition) is 0. The normalized spacial score (nSPS) is 10.9. The van der Waals surface area contributed by atoms with Gasteiger partial charge in [0.2, 0.25) is 0 Å². The van der Waals surface area contributed by atoms with Crippen molar-refractivity contribution in [3.8, 4) is 0 Å². The van der Waals surface area contributed by atoms with E-state index in [0.717, 1.165) is 31.3 Å². The molecule has 0 aliphatic heterocycles. The zero-order valence-electron chi connectivity index (χ0n) is 15.3. The maximum atomic E-state index is 13.2. The fraction of sp³-hybridized carbons (Fsp3) is 0.263. The highest BCUT2D eigenvalue weighted by atomic mass is 79.9. The van der Waals surface area contributed by atoms with Crippen molar-refractivity contribution in [3.05, 3.63) is 52.5 Å². The second-order valence-corrected chi connectivity index (χ2v) is 8.90. The molecule has 0 aliphatic carbocycles. The van der Waals surface area contributed by atoms with Gasteiger partial charge in [-0.1, -0.05) is 33.3 Å². The predicted molar refractivity (Wildman–Crippen MR) is 123 cm³/mol. The smallest absolute Gasteiger partial charge is 0.260 e. The molecule has 8 heteroatoms. The molecule has 0 unspecified atom stereocenters. The first-order chi connectivity index (χ1) is 12.5. The largest absolute Gasteiger partial charge is 0.308 e. The van der Waals surface area contributed by atoms with Crippen LogP contribution in [0, 0.1) is 0 Å². The molecule has 0 atom stereocenters. The van der Waals surface area contributed by atoms with Gasteiger partial charge in [-0.3, -0.25) is 9.69 Å². The number of anilines is 1. The molecule has 3 rings (SSSR count). The molecule has 27 heavy (non-hydrogen) atoms. The molecule has 0 saturated heterocycles. The third-order valence-electron chi connectivity index (χ3n) is 3.90. The molecule has 0 N–H and O–H groups in total. The molecule has 0 aliphatic rings. The number of amides is 1. The Bertz CT molecular complexity index is 932. The number of nitrogens with zero attached hydrogens (tertiary/aromatic N) is 3. The highest BCUT2D eigenvalue weighted by Crippen LogP contribution is 2.31. The lowest BCUT2D eigenvalue weighted by Gasteiger charge is -2.22. The van der Waals surface area contributed by atoms with E-state index in [-0.39, 0.29) is 18.3 Å². The molecule has 0 saturated carbocycles. The number of likely N-dealkylation sites (N-methyl/N-ethyl adjacent to an activating group) is 1. The molecule has 144 valence electrons. The zero-order valence-corrected chi connectivity index (χ0v) is 19.3.